The van der Waals surface area contributed by atoms with Gasteiger partial charge in [-0.1, -0.05) is 6.07 Å². The average molecular weight is 282 g/mol. The molecule has 0 aliphatic heterocycles. The number of pyridine rings is 1. The molecule has 0 unspecified atom stereocenters. The number of fused-ring (bicyclic) bond motifs is 1. The van der Waals surface area contributed by atoms with Crippen LogP contribution in [0.1, 0.15) is 5.56 Å². The van der Waals surface area contributed by atoms with E-state index in [4.69, 9.17) is 15.0 Å². The minimum atomic E-state index is -3.86. The van der Waals surface area contributed by atoms with Gasteiger partial charge in [0.25, 0.3) is 10.0 Å². The standard InChI is InChI=1S/C12H14N2O4S/c1-18-10-4-2-8(6-7-15)9-3-5-11(14-12(9)10)19(13,16)17/h2-5,15H,6-7H2,1H3,(H2,13,16,17). The molecule has 0 spiro atoms. The Hall–Kier alpha value is -1.70. The quantitative estimate of drug-likeness (QED) is 0.846. The van der Waals surface area contributed by atoms with E-state index >= 15 is 0 Å². The van der Waals surface area contributed by atoms with Crippen molar-refractivity contribution in [2.45, 2.75) is 11.4 Å². The number of sulfonamides is 1. The van der Waals surface area contributed by atoms with E-state index in [1.807, 2.05) is 6.07 Å². The van der Waals surface area contributed by atoms with E-state index in [0.717, 1.165) is 10.9 Å². The van der Waals surface area contributed by atoms with E-state index < -0.39 is 10.0 Å². The summed E-state index contributed by atoms with van der Waals surface area (Å²) in [5, 5.41) is 14.6. The van der Waals surface area contributed by atoms with Gasteiger partial charge in [-0.3, -0.25) is 0 Å². The number of primary sulfonamides is 1. The average Bonchev–Trinajstić information content (AvgIpc) is 2.37. The topological polar surface area (TPSA) is 103 Å². The van der Waals surface area contributed by atoms with Crippen LogP contribution < -0.4 is 9.88 Å². The molecule has 0 saturated carbocycles. The Morgan fingerprint density at radius 2 is 2.05 bits per heavy atom. The van der Waals surface area contributed by atoms with E-state index in [0.29, 0.717) is 17.7 Å². The second-order valence-corrected chi connectivity index (χ2v) is 5.50. The number of aromatic nitrogens is 1. The first-order valence-electron chi connectivity index (χ1n) is 5.57. The van der Waals surface area contributed by atoms with Gasteiger partial charge in [0.2, 0.25) is 0 Å². The molecule has 6 nitrogen and oxygen atoms in total. The van der Waals surface area contributed by atoms with Crippen LogP contribution in [0.4, 0.5) is 0 Å². The molecule has 0 aliphatic rings. The number of aliphatic hydroxyl groups excluding tert-OH is 1. The van der Waals surface area contributed by atoms with Crippen LogP contribution in [0.3, 0.4) is 0 Å². The number of hydrogen-bond donors (Lipinski definition) is 2. The van der Waals surface area contributed by atoms with Crippen molar-refractivity contribution in [2.24, 2.45) is 5.14 Å². The lowest BCUT2D eigenvalue weighted by Crippen LogP contribution is -2.14. The third-order valence-electron chi connectivity index (χ3n) is 2.78. The summed E-state index contributed by atoms with van der Waals surface area (Å²) in [6.45, 7) is -0.00162. The Bertz CT molecular complexity index is 713. The van der Waals surface area contributed by atoms with Crippen molar-refractivity contribution in [3.8, 4) is 5.75 Å². The van der Waals surface area contributed by atoms with Crippen LogP contribution in [0, 0.1) is 0 Å². The highest BCUT2D eigenvalue weighted by Gasteiger charge is 2.14. The molecule has 0 atom stereocenters. The van der Waals surface area contributed by atoms with Crippen LogP contribution in [0.2, 0.25) is 0 Å². The highest BCUT2D eigenvalue weighted by molar-refractivity contribution is 7.89. The Balaban J connectivity index is 2.75. The molecule has 0 radical (unpaired) electrons. The Kier molecular flexibility index (Phi) is 3.70. The lowest BCUT2D eigenvalue weighted by atomic mass is 10.1. The summed E-state index contributed by atoms with van der Waals surface area (Å²) in [6.07, 6.45) is 0.455. The largest absolute Gasteiger partial charge is 0.494 e. The molecule has 0 aliphatic carbocycles. The highest BCUT2D eigenvalue weighted by Crippen LogP contribution is 2.28. The minimum absolute atomic E-state index is 0.00162. The molecular weight excluding hydrogens is 268 g/mol. The van der Waals surface area contributed by atoms with Gasteiger partial charge >= 0.3 is 0 Å². The lowest BCUT2D eigenvalue weighted by molar-refractivity contribution is 0.300. The molecular formula is C12H14N2O4S. The minimum Gasteiger partial charge on any atom is -0.494 e. The van der Waals surface area contributed by atoms with Crippen LogP contribution >= 0.6 is 0 Å². The van der Waals surface area contributed by atoms with E-state index in [1.165, 1.54) is 13.2 Å². The fourth-order valence-corrected chi connectivity index (χ4v) is 2.37. The molecule has 0 amide bonds. The number of nitrogens with two attached hydrogens (primary N) is 1. The molecule has 2 rings (SSSR count). The van der Waals surface area contributed by atoms with Crippen molar-refractivity contribution in [3.05, 3.63) is 29.8 Å². The zero-order valence-corrected chi connectivity index (χ0v) is 11.1. The number of rotatable bonds is 4. The van der Waals surface area contributed by atoms with Gasteiger partial charge in [0.05, 0.1) is 7.11 Å². The van der Waals surface area contributed by atoms with Gasteiger partial charge in [-0.25, -0.2) is 18.5 Å². The van der Waals surface area contributed by atoms with Crippen molar-refractivity contribution in [1.29, 1.82) is 0 Å². The number of methoxy groups -OCH3 is 1. The number of ether oxygens (including phenoxy) is 1. The van der Waals surface area contributed by atoms with Crippen LogP contribution in [-0.4, -0.2) is 32.2 Å². The summed E-state index contributed by atoms with van der Waals surface area (Å²) in [5.41, 5.74) is 1.28. The second-order valence-electron chi connectivity index (χ2n) is 3.99. The van der Waals surface area contributed by atoms with Crippen LogP contribution in [0.15, 0.2) is 29.3 Å². The molecule has 7 heteroatoms. The maximum absolute atomic E-state index is 11.3. The first kappa shape index (κ1) is 13.7. The van der Waals surface area contributed by atoms with Crippen LogP contribution in [0.25, 0.3) is 10.9 Å². The predicted octanol–water partition coefficient (Wildman–Crippen LogP) is 0.426. The Labute approximate surface area is 110 Å². The summed E-state index contributed by atoms with van der Waals surface area (Å²) in [6, 6.07) is 6.47. The number of aliphatic hydroxyl groups is 1. The molecule has 19 heavy (non-hydrogen) atoms. The summed E-state index contributed by atoms with van der Waals surface area (Å²) >= 11 is 0. The molecule has 102 valence electrons. The van der Waals surface area contributed by atoms with E-state index in [9.17, 15) is 8.42 Å². The zero-order valence-electron chi connectivity index (χ0n) is 10.3. The first-order chi connectivity index (χ1) is 8.97. The van der Waals surface area contributed by atoms with Crippen LogP contribution in [0.5, 0.6) is 5.75 Å². The van der Waals surface area contributed by atoms with E-state index in [2.05, 4.69) is 4.98 Å². The van der Waals surface area contributed by atoms with Gasteiger partial charge in [0.15, 0.2) is 5.03 Å². The van der Waals surface area contributed by atoms with E-state index in [-0.39, 0.29) is 11.6 Å². The molecule has 1 heterocycles. The van der Waals surface area contributed by atoms with Gasteiger partial charge < -0.3 is 9.84 Å². The SMILES string of the molecule is COc1ccc(CCO)c2ccc(S(N)(=O)=O)nc12. The second kappa shape index (κ2) is 5.12. The van der Waals surface area contributed by atoms with Gasteiger partial charge in [-0.15, -0.1) is 0 Å². The lowest BCUT2D eigenvalue weighted by Gasteiger charge is -2.10. The van der Waals surface area contributed by atoms with Gasteiger partial charge in [-0.05, 0) is 30.2 Å². The molecule has 1 aromatic carbocycles. The van der Waals surface area contributed by atoms with Crippen molar-refractivity contribution in [2.75, 3.05) is 13.7 Å². The van der Waals surface area contributed by atoms with Crippen molar-refractivity contribution >= 4 is 20.9 Å². The molecule has 0 fully saturated rings. The molecule has 1 aromatic heterocycles. The summed E-state index contributed by atoms with van der Waals surface area (Å²) in [4.78, 5) is 4.04. The fraction of sp³-hybridized carbons (Fsp3) is 0.250. The molecule has 0 bridgehead atoms. The number of hydrogen-bond acceptors (Lipinski definition) is 5. The van der Waals surface area contributed by atoms with Crippen molar-refractivity contribution in [3.63, 3.8) is 0 Å². The first-order valence-corrected chi connectivity index (χ1v) is 7.12. The third-order valence-corrected chi connectivity index (χ3v) is 3.59. The fourth-order valence-electron chi connectivity index (χ4n) is 1.89. The number of benzene rings is 1. The van der Waals surface area contributed by atoms with Gasteiger partial charge in [0.1, 0.15) is 11.3 Å². The smallest absolute Gasteiger partial charge is 0.255 e. The van der Waals surface area contributed by atoms with Gasteiger partial charge in [-0.2, -0.15) is 0 Å². The van der Waals surface area contributed by atoms with Gasteiger partial charge in [0, 0.05) is 12.0 Å². The third kappa shape index (κ3) is 2.67. The number of nitrogens with zero attached hydrogens (tertiary/aromatic N) is 1. The van der Waals surface area contributed by atoms with Crippen molar-refractivity contribution < 1.29 is 18.3 Å². The predicted molar refractivity (Wildman–Crippen MR) is 70.5 cm³/mol. The van der Waals surface area contributed by atoms with Crippen molar-refractivity contribution in [1.82, 2.24) is 4.98 Å². The normalized spacial score (nSPS) is 11.7. The van der Waals surface area contributed by atoms with E-state index in [1.54, 1.807) is 12.1 Å². The summed E-state index contributed by atoms with van der Waals surface area (Å²) in [7, 11) is -2.38. The summed E-state index contributed by atoms with van der Waals surface area (Å²) < 4.78 is 27.8. The zero-order chi connectivity index (χ0) is 14.0. The maximum Gasteiger partial charge on any atom is 0.255 e. The molecule has 0 saturated heterocycles. The molecule has 2 aromatic rings. The van der Waals surface area contributed by atoms with Crippen LogP contribution in [-0.2, 0) is 16.4 Å². The molecule has 3 N–H and O–H groups in total. The highest BCUT2D eigenvalue weighted by atomic mass is 32.2. The maximum atomic E-state index is 11.3. The Morgan fingerprint density at radius 1 is 1.32 bits per heavy atom. The monoisotopic (exact) mass is 282 g/mol. The Morgan fingerprint density at radius 3 is 2.63 bits per heavy atom. The summed E-state index contributed by atoms with van der Waals surface area (Å²) in [5.74, 6) is 0.460.